The molecule has 2 aromatic carbocycles. The molecule has 1 unspecified atom stereocenters. The van der Waals surface area contributed by atoms with Crippen LogP contribution in [0.15, 0.2) is 46.9 Å². The third-order valence-corrected chi connectivity index (χ3v) is 3.63. The van der Waals surface area contributed by atoms with Crippen LogP contribution < -0.4 is 4.74 Å². The Hall–Kier alpha value is -1.03. The third kappa shape index (κ3) is 2.86. The van der Waals surface area contributed by atoms with Crippen LogP contribution in [0.2, 0.25) is 5.02 Å². The lowest BCUT2D eigenvalue weighted by atomic mass is 10.0. The predicted octanol–water partition coefficient (Wildman–Crippen LogP) is 4.19. The minimum Gasteiger partial charge on any atom is -0.497 e. The molecule has 2 aromatic rings. The zero-order chi connectivity index (χ0) is 13.1. The fourth-order valence-corrected chi connectivity index (χ4v) is 2.38. The van der Waals surface area contributed by atoms with E-state index in [1.54, 1.807) is 19.2 Å². The minimum absolute atomic E-state index is 0.653. The average molecular weight is 328 g/mol. The van der Waals surface area contributed by atoms with Crippen LogP contribution in [-0.4, -0.2) is 12.2 Å². The summed E-state index contributed by atoms with van der Waals surface area (Å²) in [7, 11) is 1.61. The number of ether oxygens (including phenoxy) is 1. The Morgan fingerprint density at radius 3 is 2.39 bits per heavy atom. The van der Waals surface area contributed by atoms with Crippen molar-refractivity contribution in [2.45, 2.75) is 6.10 Å². The van der Waals surface area contributed by atoms with E-state index in [1.807, 2.05) is 30.3 Å². The van der Waals surface area contributed by atoms with Crippen LogP contribution in [0.5, 0.6) is 5.75 Å². The topological polar surface area (TPSA) is 29.5 Å². The Balaban J connectivity index is 2.33. The molecule has 0 saturated carbocycles. The number of methoxy groups -OCH3 is 1. The van der Waals surface area contributed by atoms with Crippen LogP contribution >= 0.6 is 27.5 Å². The number of aliphatic hydroxyl groups excluding tert-OH is 1. The van der Waals surface area contributed by atoms with Gasteiger partial charge in [0.25, 0.3) is 0 Å². The minimum atomic E-state index is -0.692. The fourth-order valence-electron chi connectivity index (χ4n) is 1.68. The molecule has 1 N–H and O–H groups in total. The summed E-state index contributed by atoms with van der Waals surface area (Å²) in [5.41, 5.74) is 1.59. The van der Waals surface area contributed by atoms with Crippen molar-refractivity contribution in [3.8, 4) is 5.75 Å². The van der Waals surface area contributed by atoms with E-state index in [0.717, 1.165) is 21.3 Å². The second-order valence-corrected chi connectivity index (χ2v) is 5.13. The molecule has 0 bridgehead atoms. The largest absolute Gasteiger partial charge is 0.497 e. The van der Waals surface area contributed by atoms with Gasteiger partial charge in [0.1, 0.15) is 11.9 Å². The predicted molar refractivity (Wildman–Crippen MR) is 76.2 cm³/mol. The van der Waals surface area contributed by atoms with Crippen LogP contribution in [0.25, 0.3) is 0 Å². The molecule has 0 fully saturated rings. The van der Waals surface area contributed by atoms with E-state index in [0.29, 0.717) is 5.02 Å². The summed E-state index contributed by atoms with van der Waals surface area (Å²) in [6, 6.07) is 12.6. The van der Waals surface area contributed by atoms with Gasteiger partial charge in [0, 0.05) is 9.50 Å². The summed E-state index contributed by atoms with van der Waals surface area (Å²) < 4.78 is 5.93. The van der Waals surface area contributed by atoms with Crippen LogP contribution in [0.4, 0.5) is 0 Å². The summed E-state index contributed by atoms with van der Waals surface area (Å²) in [6.07, 6.45) is -0.692. The van der Waals surface area contributed by atoms with E-state index in [1.165, 1.54) is 0 Å². The molecule has 0 radical (unpaired) electrons. The van der Waals surface area contributed by atoms with Crippen molar-refractivity contribution in [1.82, 2.24) is 0 Å². The van der Waals surface area contributed by atoms with Crippen LogP contribution in [0.1, 0.15) is 17.2 Å². The fraction of sp³-hybridized carbons (Fsp3) is 0.143. The molecule has 94 valence electrons. The first-order chi connectivity index (χ1) is 8.61. The van der Waals surface area contributed by atoms with Gasteiger partial charge in [-0.15, -0.1) is 0 Å². The second-order valence-electron chi connectivity index (χ2n) is 3.84. The summed E-state index contributed by atoms with van der Waals surface area (Å²) in [6.45, 7) is 0. The van der Waals surface area contributed by atoms with Crippen LogP contribution in [0.3, 0.4) is 0 Å². The molecule has 4 heteroatoms. The average Bonchev–Trinajstić information content (AvgIpc) is 2.38. The molecule has 18 heavy (non-hydrogen) atoms. The van der Waals surface area contributed by atoms with Crippen molar-refractivity contribution in [3.63, 3.8) is 0 Å². The number of hydrogen-bond acceptors (Lipinski definition) is 2. The van der Waals surface area contributed by atoms with E-state index in [2.05, 4.69) is 15.9 Å². The molecule has 0 amide bonds. The number of rotatable bonds is 3. The lowest BCUT2D eigenvalue weighted by Gasteiger charge is -2.14. The molecule has 0 heterocycles. The summed E-state index contributed by atoms with van der Waals surface area (Å²) in [5, 5.41) is 11.0. The molecular formula is C14H12BrClO2. The van der Waals surface area contributed by atoms with Gasteiger partial charge in [-0.05, 0) is 35.4 Å². The van der Waals surface area contributed by atoms with Crippen molar-refractivity contribution in [3.05, 3.63) is 63.1 Å². The zero-order valence-corrected chi connectivity index (χ0v) is 12.1. The molecule has 0 aliphatic heterocycles. The molecule has 2 nitrogen and oxygen atoms in total. The van der Waals surface area contributed by atoms with Gasteiger partial charge in [0.2, 0.25) is 0 Å². The molecular weight excluding hydrogens is 316 g/mol. The first kappa shape index (κ1) is 13.4. The van der Waals surface area contributed by atoms with Gasteiger partial charge in [0.15, 0.2) is 0 Å². The highest BCUT2D eigenvalue weighted by Crippen LogP contribution is 2.31. The highest BCUT2D eigenvalue weighted by molar-refractivity contribution is 9.10. The Morgan fingerprint density at radius 2 is 1.83 bits per heavy atom. The van der Waals surface area contributed by atoms with Gasteiger partial charge in [0.05, 0.1) is 7.11 Å². The molecule has 0 aliphatic carbocycles. The van der Waals surface area contributed by atoms with E-state index in [4.69, 9.17) is 16.3 Å². The van der Waals surface area contributed by atoms with Crippen molar-refractivity contribution in [1.29, 1.82) is 0 Å². The molecule has 1 atom stereocenters. The molecule has 2 rings (SSSR count). The Morgan fingerprint density at radius 1 is 1.17 bits per heavy atom. The first-order valence-corrected chi connectivity index (χ1v) is 6.56. The Labute approximate surface area is 119 Å². The zero-order valence-electron chi connectivity index (χ0n) is 9.73. The monoisotopic (exact) mass is 326 g/mol. The normalized spacial score (nSPS) is 12.2. The van der Waals surface area contributed by atoms with Gasteiger partial charge in [-0.1, -0.05) is 45.7 Å². The number of benzene rings is 2. The standard InChI is InChI=1S/C14H12BrClO2/c1-18-11-6-7-12(13(15)8-11)14(17)9-2-4-10(16)5-3-9/h2-8,14,17H,1H3. The molecule has 0 saturated heterocycles. The Kier molecular flexibility index (Phi) is 4.27. The third-order valence-electron chi connectivity index (χ3n) is 2.69. The van der Waals surface area contributed by atoms with Gasteiger partial charge in [-0.2, -0.15) is 0 Å². The maximum atomic E-state index is 10.3. The number of hydrogen-bond donors (Lipinski definition) is 1. The summed E-state index contributed by atoms with van der Waals surface area (Å²) in [5.74, 6) is 0.744. The molecule has 0 spiro atoms. The van der Waals surface area contributed by atoms with E-state index >= 15 is 0 Å². The van der Waals surface area contributed by atoms with Crippen LogP contribution in [-0.2, 0) is 0 Å². The maximum Gasteiger partial charge on any atom is 0.120 e. The van der Waals surface area contributed by atoms with Gasteiger partial charge < -0.3 is 9.84 Å². The van der Waals surface area contributed by atoms with Crippen molar-refractivity contribution in [2.75, 3.05) is 7.11 Å². The van der Waals surface area contributed by atoms with Gasteiger partial charge in [-0.3, -0.25) is 0 Å². The Bertz CT molecular complexity index is 540. The number of halogens is 2. The van der Waals surface area contributed by atoms with Gasteiger partial charge >= 0.3 is 0 Å². The first-order valence-electron chi connectivity index (χ1n) is 5.39. The smallest absolute Gasteiger partial charge is 0.120 e. The highest BCUT2D eigenvalue weighted by atomic mass is 79.9. The molecule has 0 aromatic heterocycles. The van der Waals surface area contributed by atoms with Crippen LogP contribution in [0, 0.1) is 0 Å². The van der Waals surface area contributed by atoms with E-state index in [9.17, 15) is 5.11 Å². The quantitative estimate of drug-likeness (QED) is 0.916. The molecule has 0 aliphatic rings. The van der Waals surface area contributed by atoms with E-state index in [-0.39, 0.29) is 0 Å². The summed E-state index contributed by atoms with van der Waals surface area (Å²) in [4.78, 5) is 0. The van der Waals surface area contributed by atoms with Gasteiger partial charge in [-0.25, -0.2) is 0 Å². The maximum absolute atomic E-state index is 10.3. The lowest BCUT2D eigenvalue weighted by molar-refractivity contribution is 0.219. The van der Waals surface area contributed by atoms with E-state index < -0.39 is 6.10 Å². The highest BCUT2D eigenvalue weighted by Gasteiger charge is 2.14. The van der Waals surface area contributed by atoms with Crippen molar-refractivity contribution in [2.24, 2.45) is 0 Å². The summed E-state index contributed by atoms with van der Waals surface area (Å²) >= 11 is 9.26. The van der Waals surface area contributed by atoms with Crippen molar-refractivity contribution >= 4 is 27.5 Å². The second kappa shape index (κ2) is 5.74. The lowest BCUT2D eigenvalue weighted by Crippen LogP contribution is -2.00. The number of aliphatic hydroxyl groups is 1. The van der Waals surface area contributed by atoms with Crippen molar-refractivity contribution < 1.29 is 9.84 Å². The SMILES string of the molecule is COc1ccc(C(O)c2ccc(Cl)cc2)c(Br)c1.